The van der Waals surface area contributed by atoms with Gasteiger partial charge in [-0.3, -0.25) is 4.79 Å². The van der Waals surface area contributed by atoms with Crippen LogP contribution in [-0.4, -0.2) is 43.2 Å². The summed E-state index contributed by atoms with van der Waals surface area (Å²) in [6.07, 6.45) is -0.0831. The van der Waals surface area contributed by atoms with Crippen LogP contribution in [0.15, 0.2) is 42.0 Å². The Labute approximate surface area is 188 Å². The van der Waals surface area contributed by atoms with Crippen molar-refractivity contribution in [1.29, 1.82) is 0 Å². The van der Waals surface area contributed by atoms with Crippen LogP contribution in [0.1, 0.15) is 11.6 Å². The molecule has 7 nitrogen and oxygen atoms in total. The van der Waals surface area contributed by atoms with E-state index in [2.05, 4.69) is 4.74 Å². The third-order valence-corrected chi connectivity index (χ3v) is 5.41. The average molecular weight is 483 g/mol. The molecule has 1 aliphatic carbocycles. The summed E-state index contributed by atoms with van der Waals surface area (Å²) in [6, 6.07) is 7.22. The van der Waals surface area contributed by atoms with Gasteiger partial charge in [0.05, 0.1) is 6.61 Å². The van der Waals surface area contributed by atoms with E-state index in [-0.39, 0.29) is 18.8 Å². The summed E-state index contributed by atoms with van der Waals surface area (Å²) in [5, 5.41) is 0. The first-order valence-electron chi connectivity index (χ1n) is 9.65. The second-order valence-corrected chi connectivity index (χ2v) is 7.38. The van der Waals surface area contributed by atoms with Gasteiger partial charge in [0.15, 0.2) is 5.41 Å². The fraction of sp³-hybridized carbons (Fsp3) is 0.227. The van der Waals surface area contributed by atoms with Crippen LogP contribution in [0, 0.1) is 34.5 Å². The third-order valence-electron chi connectivity index (χ3n) is 5.41. The second-order valence-electron chi connectivity index (χ2n) is 7.38. The third kappa shape index (κ3) is 3.50. The van der Waals surface area contributed by atoms with Crippen LogP contribution < -0.4 is 4.74 Å². The van der Waals surface area contributed by atoms with Crippen molar-refractivity contribution in [2.75, 3.05) is 20.3 Å². The predicted octanol–water partition coefficient (Wildman–Crippen LogP) is 3.58. The lowest BCUT2D eigenvalue weighted by Crippen LogP contribution is -2.46. The zero-order valence-electron chi connectivity index (χ0n) is 17.2. The van der Waals surface area contributed by atoms with E-state index >= 15 is 0 Å². The maximum Gasteiger partial charge on any atom is 0.417 e. The SMILES string of the molecule is COCC1=C[C@]1(C(=O)Oc1c(F)c(F)c(F)c(F)c1F)C(=O)N1C(=O)OC[C@@H]1c1ccccc1. The summed E-state index contributed by atoms with van der Waals surface area (Å²) in [7, 11) is 1.22. The van der Waals surface area contributed by atoms with E-state index in [1.54, 1.807) is 30.3 Å². The number of hydrogen-bond acceptors (Lipinski definition) is 6. The molecule has 0 unspecified atom stereocenters. The van der Waals surface area contributed by atoms with Gasteiger partial charge in [-0.15, -0.1) is 0 Å². The van der Waals surface area contributed by atoms with Crippen molar-refractivity contribution < 1.29 is 50.5 Å². The number of benzene rings is 2. The van der Waals surface area contributed by atoms with E-state index in [0.29, 0.717) is 10.5 Å². The van der Waals surface area contributed by atoms with Gasteiger partial charge in [0.1, 0.15) is 12.6 Å². The number of nitrogens with zero attached hydrogens (tertiary/aromatic N) is 1. The molecule has 2 aromatic carbocycles. The van der Waals surface area contributed by atoms with Crippen molar-refractivity contribution in [3.63, 3.8) is 0 Å². The Morgan fingerprint density at radius 2 is 1.62 bits per heavy atom. The lowest BCUT2D eigenvalue weighted by molar-refractivity contribution is -0.149. The van der Waals surface area contributed by atoms with Gasteiger partial charge in [-0.25, -0.2) is 27.7 Å². The summed E-state index contributed by atoms with van der Waals surface area (Å²) in [5.41, 5.74) is -1.92. The summed E-state index contributed by atoms with van der Waals surface area (Å²) < 4.78 is 82.9. The first kappa shape index (κ1) is 23.4. The Morgan fingerprint density at radius 1 is 1.03 bits per heavy atom. The molecule has 4 rings (SSSR count). The molecule has 2 atom stereocenters. The second kappa shape index (κ2) is 8.52. The molecule has 0 bridgehead atoms. The van der Waals surface area contributed by atoms with Crippen LogP contribution in [0.5, 0.6) is 5.75 Å². The Hall–Kier alpha value is -3.80. The molecule has 2 aliphatic rings. The zero-order valence-corrected chi connectivity index (χ0v) is 17.2. The lowest BCUT2D eigenvalue weighted by atomic mass is 9.96. The maximum atomic E-state index is 14.1. The minimum Gasteiger partial charge on any atom is -0.446 e. The van der Waals surface area contributed by atoms with E-state index < -0.39 is 64.3 Å². The summed E-state index contributed by atoms with van der Waals surface area (Å²) in [5.74, 6) is -16.7. The number of amides is 2. The number of carbonyl (C=O) groups is 3. The highest BCUT2D eigenvalue weighted by Crippen LogP contribution is 2.49. The van der Waals surface area contributed by atoms with Crippen LogP contribution in [0.4, 0.5) is 26.7 Å². The fourth-order valence-corrected chi connectivity index (χ4v) is 3.62. The molecular formula is C22H14F5NO6. The molecule has 1 saturated heterocycles. The van der Waals surface area contributed by atoms with Crippen molar-refractivity contribution in [1.82, 2.24) is 4.90 Å². The van der Waals surface area contributed by atoms with Gasteiger partial charge in [-0.2, -0.15) is 8.78 Å². The number of rotatable bonds is 6. The number of ether oxygens (including phenoxy) is 3. The quantitative estimate of drug-likeness (QED) is 0.119. The Kier molecular flexibility index (Phi) is 5.86. The highest BCUT2D eigenvalue weighted by molar-refractivity contribution is 6.17. The molecule has 34 heavy (non-hydrogen) atoms. The molecular weight excluding hydrogens is 469 g/mol. The number of cyclic esters (lactones) is 1. The fourth-order valence-electron chi connectivity index (χ4n) is 3.62. The molecule has 0 N–H and O–H groups in total. The molecule has 12 heteroatoms. The normalized spacial score (nSPS) is 21.2. The van der Waals surface area contributed by atoms with Crippen LogP contribution >= 0.6 is 0 Å². The molecule has 2 amide bonds. The standard InChI is InChI=1S/C22H14F5NO6/c1-32-8-11-7-22(11,20(30)34-18-16(26)14(24)13(23)15(25)17(18)27)19(29)28-12(9-33-21(28)31)10-5-3-2-4-6-10/h2-7,12H,8-9H2,1H3/t12-,22-/m1/s1. The average Bonchev–Trinajstić information content (AvgIpc) is 3.44. The smallest absolute Gasteiger partial charge is 0.417 e. The van der Waals surface area contributed by atoms with Crippen LogP contribution in [0.25, 0.3) is 0 Å². The number of imide groups is 1. The molecule has 0 saturated carbocycles. The van der Waals surface area contributed by atoms with E-state index in [0.717, 1.165) is 6.08 Å². The summed E-state index contributed by atoms with van der Waals surface area (Å²) in [4.78, 5) is 39.4. The summed E-state index contributed by atoms with van der Waals surface area (Å²) in [6.45, 7) is -0.562. The Morgan fingerprint density at radius 3 is 2.21 bits per heavy atom. The Bertz CT molecular complexity index is 1210. The van der Waals surface area contributed by atoms with Gasteiger partial charge in [0, 0.05) is 7.11 Å². The zero-order chi connectivity index (χ0) is 24.8. The van der Waals surface area contributed by atoms with Crippen molar-refractivity contribution in [3.8, 4) is 5.75 Å². The number of hydrogen-bond donors (Lipinski definition) is 0. The topological polar surface area (TPSA) is 82.1 Å². The van der Waals surface area contributed by atoms with Crippen LogP contribution in [0.2, 0.25) is 0 Å². The maximum absolute atomic E-state index is 14.1. The van der Waals surface area contributed by atoms with Crippen molar-refractivity contribution in [3.05, 3.63) is 76.6 Å². The lowest BCUT2D eigenvalue weighted by Gasteiger charge is -2.25. The van der Waals surface area contributed by atoms with Crippen LogP contribution in [0.3, 0.4) is 0 Å². The van der Waals surface area contributed by atoms with E-state index in [4.69, 9.17) is 9.47 Å². The van der Waals surface area contributed by atoms with Crippen molar-refractivity contribution >= 4 is 18.0 Å². The molecule has 1 heterocycles. The highest BCUT2D eigenvalue weighted by Gasteiger charge is 2.63. The van der Waals surface area contributed by atoms with Gasteiger partial charge in [-0.1, -0.05) is 36.4 Å². The van der Waals surface area contributed by atoms with E-state index in [9.17, 15) is 36.3 Å². The number of methoxy groups -OCH3 is 1. The summed E-state index contributed by atoms with van der Waals surface area (Å²) >= 11 is 0. The van der Waals surface area contributed by atoms with Gasteiger partial charge < -0.3 is 14.2 Å². The number of halogens is 5. The van der Waals surface area contributed by atoms with Crippen LogP contribution in [-0.2, 0) is 19.1 Å². The van der Waals surface area contributed by atoms with Gasteiger partial charge in [0.2, 0.25) is 34.8 Å². The largest absolute Gasteiger partial charge is 0.446 e. The van der Waals surface area contributed by atoms with Crippen molar-refractivity contribution in [2.45, 2.75) is 6.04 Å². The van der Waals surface area contributed by atoms with Gasteiger partial charge in [0.25, 0.3) is 5.91 Å². The Balaban J connectivity index is 1.70. The van der Waals surface area contributed by atoms with E-state index in [1.807, 2.05) is 0 Å². The monoisotopic (exact) mass is 483 g/mol. The molecule has 2 aromatic rings. The van der Waals surface area contributed by atoms with Gasteiger partial charge >= 0.3 is 12.1 Å². The minimum absolute atomic E-state index is 0.0413. The first-order valence-corrected chi connectivity index (χ1v) is 9.65. The minimum atomic E-state index is -2.45. The van der Waals surface area contributed by atoms with Gasteiger partial charge in [-0.05, 0) is 11.1 Å². The molecule has 1 fully saturated rings. The molecule has 0 spiro atoms. The molecule has 0 aromatic heterocycles. The molecule has 0 radical (unpaired) electrons. The van der Waals surface area contributed by atoms with E-state index in [1.165, 1.54) is 7.11 Å². The first-order chi connectivity index (χ1) is 16.1. The van der Waals surface area contributed by atoms with Crippen molar-refractivity contribution in [2.24, 2.45) is 5.41 Å². The number of carbonyl (C=O) groups excluding carboxylic acids is 3. The number of esters is 1. The molecule has 178 valence electrons. The predicted molar refractivity (Wildman–Crippen MR) is 102 cm³/mol. The highest BCUT2D eigenvalue weighted by atomic mass is 19.2. The molecule has 1 aliphatic heterocycles.